The Labute approximate surface area is 128 Å². The molecule has 1 atom stereocenters. The van der Waals surface area contributed by atoms with E-state index >= 15 is 0 Å². The first-order valence-corrected chi connectivity index (χ1v) is 7.98. The maximum absolute atomic E-state index is 6.20. The Balaban J connectivity index is 3.10. The molecule has 20 heavy (non-hydrogen) atoms. The lowest BCUT2D eigenvalue weighted by Crippen LogP contribution is -2.31. The molecule has 1 N–H and O–H groups in total. The van der Waals surface area contributed by atoms with Gasteiger partial charge in [0.15, 0.2) is 0 Å². The molecular formula is C17H28ClNO. The van der Waals surface area contributed by atoms with Gasteiger partial charge in [-0.05, 0) is 24.1 Å². The molecule has 3 heteroatoms. The normalized spacial score (nSPS) is 13.0. The van der Waals surface area contributed by atoms with Gasteiger partial charge in [0, 0.05) is 29.1 Å². The highest BCUT2D eigenvalue weighted by Crippen LogP contribution is 2.36. The minimum Gasteiger partial charge on any atom is -0.496 e. The monoisotopic (exact) mass is 297 g/mol. The van der Waals surface area contributed by atoms with Crippen LogP contribution >= 0.6 is 11.6 Å². The van der Waals surface area contributed by atoms with Crippen LogP contribution in [0.4, 0.5) is 0 Å². The minimum absolute atomic E-state index is 0.432. The number of halogens is 1. The zero-order valence-corrected chi connectivity index (χ0v) is 14.1. The Morgan fingerprint density at radius 2 is 1.85 bits per heavy atom. The van der Waals surface area contributed by atoms with Gasteiger partial charge in [0.25, 0.3) is 0 Å². The molecule has 0 aliphatic heterocycles. The maximum Gasteiger partial charge on any atom is 0.122 e. The number of methoxy groups -OCH3 is 1. The largest absolute Gasteiger partial charge is 0.496 e. The first kappa shape index (κ1) is 17.3. The summed E-state index contributed by atoms with van der Waals surface area (Å²) in [7, 11) is 1.73. The molecule has 0 aliphatic carbocycles. The molecule has 0 bridgehead atoms. The van der Waals surface area contributed by atoms with Gasteiger partial charge in [0.2, 0.25) is 0 Å². The summed E-state index contributed by atoms with van der Waals surface area (Å²) in [6.45, 7) is 9.83. The van der Waals surface area contributed by atoms with E-state index in [0.717, 1.165) is 30.2 Å². The highest BCUT2D eigenvalue weighted by atomic mass is 35.5. The third-order valence-electron chi connectivity index (χ3n) is 3.96. The van der Waals surface area contributed by atoms with Crippen molar-refractivity contribution >= 4 is 11.6 Å². The predicted molar refractivity (Wildman–Crippen MR) is 88.0 cm³/mol. The second-order valence-corrected chi connectivity index (χ2v) is 6.07. The molecule has 0 amide bonds. The van der Waals surface area contributed by atoms with Gasteiger partial charge in [0.1, 0.15) is 5.75 Å². The van der Waals surface area contributed by atoms with Crippen molar-refractivity contribution in [2.45, 2.75) is 52.5 Å². The summed E-state index contributed by atoms with van der Waals surface area (Å²) in [6.07, 6.45) is 2.33. The van der Waals surface area contributed by atoms with Crippen LogP contribution in [0.3, 0.4) is 0 Å². The number of rotatable bonds is 8. The summed E-state index contributed by atoms with van der Waals surface area (Å²) in [5.41, 5.74) is 1.22. The first-order chi connectivity index (χ1) is 9.53. The topological polar surface area (TPSA) is 21.3 Å². The van der Waals surface area contributed by atoms with Gasteiger partial charge in [-0.1, -0.05) is 52.1 Å². The van der Waals surface area contributed by atoms with Gasteiger partial charge in [-0.3, -0.25) is 0 Å². The van der Waals surface area contributed by atoms with E-state index < -0.39 is 0 Å². The zero-order chi connectivity index (χ0) is 15.1. The third-order valence-corrected chi connectivity index (χ3v) is 4.19. The summed E-state index contributed by atoms with van der Waals surface area (Å²) in [4.78, 5) is 0. The molecule has 114 valence electrons. The smallest absolute Gasteiger partial charge is 0.122 e. The summed E-state index contributed by atoms with van der Waals surface area (Å²) < 4.78 is 5.54. The standard InChI is InChI=1S/C17H28ClNO/c1-6-13(7-2)16(11-19-12(3)4)15-10-14(18)8-9-17(15)20-5/h8-10,12-13,16,19H,6-7,11H2,1-5H3. The maximum atomic E-state index is 6.20. The molecule has 1 rings (SSSR count). The van der Waals surface area contributed by atoms with Crippen LogP contribution in [-0.4, -0.2) is 19.7 Å². The lowest BCUT2D eigenvalue weighted by molar-refractivity contribution is 0.350. The number of hydrogen-bond donors (Lipinski definition) is 1. The molecule has 0 saturated carbocycles. The van der Waals surface area contributed by atoms with Crippen molar-refractivity contribution in [2.24, 2.45) is 5.92 Å². The Hall–Kier alpha value is -0.730. The Morgan fingerprint density at radius 1 is 1.20 bits per heavy atom. The van der Waals surface area contributed by atoms with Crippen LogP contribution in [0.2, 0.25) is 5.02 Å². The first-order valence-electron chi connectivity index (χ1n) is 7.60. The van der Waals surface area contributed by atoms with Crippen LogP contribution in [0, 0.1) is 5.92 Å². The molecule has 1 aromatic carbocycles. The summed E-state index contributed by atoms with van der Waals surface area (Å²) in [5.74, 6) is 2.01. The van der Waals surface area contributed by atoms with Crippen LogP contribution in [0.5, 0.6) is 5.75 Å². The average molecular weight is 298 g/mol. The van der Waals surface area contributed by atoms with E-state index in [1.165, 1.54) is 5.56 Å². The fraction of sp³-hybridized carbons (Fsp3) is 0.647. The second kappa shape index (κ2) is 8.53. The van der Waals surface area contributed by atoms with Crippen LogP contribution in [0.1, 0.15) is 52.0 Å². The number of benzene rings is 1. The molecule has 0 fully saturated rings. The summed E-state index contributed by atoms with van der Waals surface area (Å²) >= 11 is 6.20. The van der Waals surface area contributed by atoms with Gasteiger partial charge in [-0.25, -0.2) is 0 Å². The van der Waals surface area contributed by atoms with Crippen molar-refractivity contribution in [3.05, 3.63) is 28.8 Å². The van der Waals surface area contributed by atoms with Crippen molar-refractivity contribution in [1.29, 1.82) is 0 Å². The van der Waals surface area contributed by atoms with Gasteiger partial charge in [0.05, 0.1) is 7.11 Å². The highest BCUT2D eigenvalue weighted by Gasteiger charge is 2.24. The van der Waals surface area contributed by atoms with Crippen LogP contribution in [0.15, 0.2) is 18.2 Å². The van der Waals surface area contributed by atoms with Crippen molar-refractivity contribution in [2.75, 3.05) is 13.7 Å². The molecule has 0 aromatic heterocycles. The molecule has 0 saturated heterocycles. The Morgan fingerprint density at radius 3 is 2.35 bits per heavy atom. The van der Waals surface area contributed by atoms with E-state index in [2.05, 4.69) is 39.1 Å². The minimum atomic E-state index is 0.432. The van der Waals surface area contributed by atoms with Crippen molar-refractivity contribution in [1.82, 2.24) is 5.32 Å². The molecule has 0 heterocycles. The quantitative estimate of drug-likeness (QED) is 0.739. The number of ether oxygens (including phenoxy) is 1. The second-order valence-electron chi connectivity index (χ2n) is 5.63. The van der Waals surface area contributed by atoms with Crippen LogP contribution in [-0.2, 0) is 0 Å². The Kier molecular flexibility index (Phi) is 7.39. The lowest BCUT2D eigenvalue weighted by Gasteiger charge is -2.28. The van der Waals surface area contributed by atoms with E-state index in [1.54, 1.807) is 7.11 Å². The predicted octanol–water partition coefficient (Wildman–Crippen LogP) is 4.87. The highest BCUT2D eigenvalue weighted by molar-refractivity contribution is 6.30. The van der Waals surface area contributed by atoms with Crippen LogP contribution in [0.25, 0.3) is 0 Å². The fourth-order valence-electron chi connectivity index (χ4n) is 2.75. The Bertz CT molecular complexity index is 402. The third kappa shape index (κ3) is 4.68. The van der Waals surface area contributed by atoms with E-state index in [9.17, 15) is 0 Å². The van der Waals surface area contributed by atoms with Crippen LogP contribution < -0.4 is 10.1 Å². The van der Waals surface area contributed by atoms with Gasteiger partial charge in [-0.2, -0.15) is 0 Å². The molecule has 0 spiro atoms. The van der Waals surface area contributed by atoms with Crippen molar-refractivity contribution in [3.8, 4) is 5.75 Å². The lowest BCUT2D eigenvalue weighted by atomic mass is 9.82. The number of hydrogen-bond acceptors (Lipinski definition) is 2. The average Bonchev–Trinajstić information content (AvgIpc) is 2.43. The van der Waals surface area contributed by atoms with Gasteiger partial charge in [-0.15, -0.1) is 0 Å². The zero-order valence-electron chi connectivity index (χ0n) is 13.4. The van der Waals surface area contributed by atoms with Crippen molar-refractivity contribution < 1.29 is 4.74 Å². The van der Waals surface area contributed by atoms with Gasteiger partial charge < -0.3 is 10.1 Å². The number of nitrogens with one attached hydrogen (secondary N) is 1. The van der Waals surface area contributed by atoms with E-state index in [4.69, 9.17) is 16.3 Å². The molecule has 0 aliphatic rings. The molecule has 0 radical (unpaired) electrons. The van der Waals surface area contributed by atoms with E-state index in [0.29, 0.717) is 17.9 Å². The molecular weight excluding hydrogens is 270 g/mol. The van der Waals surface area contributed by atoms with E-state index in [1.807, 2.05) is 12.1 Å². The molecule has 1 unspecified atom stereocenters. The van der Waals surface area contributed by atoms with Gasteiger partial charge >= 0.3 is 0 Å². The van der Waals surface area contributed by atoms with E-state index in [-0.39, 0.29) is 0 Å². The molecule has 2 nitrogen and oxygen atoms in total. The SMILES string of the molecule is CCC(CC)C(CNC(C)C)c1cc(Cl)ccc1OC. The fourth-order valence-corrected chi connectivity index (χ4v) is 2.93. The summed E-state index contributed by atoms with van der Waals surface area (Å²) in [5, 5.41) is 4.34. The van der Waals surface area contributed by atoms with Crippen molar-refractivity contribution in [3.63, 3.8) is 0 Å². The molecule has 1 aromatic rings. The summed E-state index contributed by atoms with van der Waals surface area (Å²) in [6, 6.07) is 6.41.